The molecule has 1 saturated heterocycles. The lowest BCUT2D eigenvalue weighted by atomic mass is 9.35. The minimum absolute atomic E-state index is 0.0391. The van der Waals surface area contributed by atoms with E-state index < -0.39 is 15.7 Å². The summed E-state index contributed by atoms with van der Waals surface area (Å²) in [5.41, 5.74) is 4.40. The fourth-order valence-electron chi connectivity index (χ4n) is 10.1. The molecule has 2 aromatic rings. The number of piperidine rings is 1. The Balaban J connectivity index is 1.09. The number of likely N-dealkylation sites (tertiary alicyclic amines) is 1. The van der Waals surface area contributed by atoms with E-state index in [9.17, 15) is 8.42 Å². The largest absolute Gasteiger partial charge is 0.493 e. The third kappa shape index (κ3) is 4.11. The quantitative estimate of drug-likeness (QED) is 0.342. The second-order valence-corrected chi connectivity index (χ2v) is 15.7. The topological polar surface area (TPSA) is 83.5 Å². The Labute approximate surface area is 255 Å². The van der Waals surface area contributed by atoms with Crippen molar-refractivity contribution in [2.75, 3.05) is 40.2 Å². The van der Waals surface area contributed by atoms with Crippen LogP contribution in [0.2, 0.25) is 0 Å². The molecule has 8 nitrogen and oxygen atoms in total. The van der Waals surface area contributed by atoms with Crippen LogP contribution in [0.3, 0.4) is 0 Å². The monoisotopic (exact) mass is 609 g/mol. The predicted molar refractivity (Wildman–Crippen MR) is 161 cm³/mol. The maximum absolute atomic E-state index is 11.3. The number of hydrogen-bond acceptors (Lipinski definition) is 8. The number of methoxy groups -OCH3 is 2. The molecule has 0 N–H and O–H groups in total. The molecule has 0 radical (unpaired) electrons. The smallest absolute Gasteiger partial charge is 0.264 e. The molecule has 9 heteroatoms. The van der Waals surface area contributed by atoms with Gasteiger partial charge in [-0.3, -0.25) is 9.08 Å². The maximum atomic E-state index is 11.3. The molecule has 4 saturated carbocycles. The molecule has 4 bridgehead atoms. The Kier molecular flexibility index (Phi) is 6.53. The van der Waals surface area contributed by atoms with Gasteiger partial charge < -0.3 is 18.9 Å². The summed E-state index contributed by atoms with van der Waals surface area (Å²) < 4.78 is 53.8. The minimum Gasteiger partial charge on any atom is -0.493 e. The molecule has 2 aromatic carbocycles. The number of hydrogen-bond donors (Lipinski definition) is 0. The van der Waals surface area contributed by atoms with Gasteiger partial charge in [-0.05, 0) is 80.2 Å². The second-order valence-electron chi connectivity index (χ2n) is 14.0. The van der Waals surface area contributed by atoms with E-state index in [1.807, 2.05) is 31.4 Å². The predicted octanol–water partition coefficient (Wildman–Crippen LogP) is 4.61. The van der Waals surface area contributed by atoms with E-state index >= 15 is 0 Å². The molecule has 2 heterocycles. The molecule has 7 aliphatic rings. The van der Waals surface area contributed by atoms with Gasteiger partial charge in [-0.2, -0.15) is 8.42 Å². The second kappa shape index (κ2) is 9.91. The molecular weight excluding hydrogens is 566 g/mol. The van der Waals surface area contributed by atoms with E-state index in [0.717, 1.165) is 73.4 Å². The van der Waals surface area contributed by atoms with E-state index in [-0.39, 0.29) is 29.5 Å². The van der Waals surface area contributed by atoms with Crippen molar-refractivity contribution in [2.24, 2.45) is 17.3 Å². The first-order chi connectivity index (χ1) is 20.7. The van der Waals surface area contributed by atoms with Gasteiger partial charge in [-0.15, -0.1) is 0 Å². The highest BCUT2D eigenvalue weighted by Gasteiger charge is 2.80. The van der Waals surface area contributed by atoms with Crippen LogP contribution in [-0.2, 0) is 48.8 Å². The Morgan fingerprint density at radius 3 is 2.47 bits per heavy atom. The van der Waals surface area contributed by atoms with E-state index in [0.29, 0.717) is 19.3 Å². The summed E-state index contributed by atoms with van der Waals surface area (Å²) in [7, 11) is 0.162. The Bertz CT molecular complexity index is 1520. The summed E-state index contributed by atoms with van der Waals surface area (Å²) in [6.45, 7) is 3.50. The maximum Gasteiger partial charge on any atom is 0.264 e. The van der Waals surface area contributed by atoms with Crippen LogP contribution in [0.1, 0.15) is 60.8 Å². The molecule has 0 amide bonds. The standard InChI is InChI=1S/C34H43NO7S/c1-38-27-11-10-25-16-28-32-12-13-34(39-2,31-33(32,29(25)30(27)42-31)14-15-35(28)18-22-4-5-22)26(17-32)21-40-19-23-6-8-24(9-7-23)20-41-43(3,36)37/h6-11,22,26,28,31H,4-5,12-21H2,1-3H3/t26-,28-,31-,32-,33+,34-/m1/s1. The van der Waals surface area contributed by atoms with Crippen LogP contribution in [0.4, 0.5) is 0 Å². The van der Waals surface area contributed by atoms with Gasteiger partial charge in [0.05, 0.1) is 33.2 Å². The summed E-state index contributed by atoms with van der Waals surface area (Å²) in [6.07, 6.45) is 9.20. The van der Waals surface area contributed by atoms with E-state index in [1.165, 1.54) is 30.5 Å². The van der Waals surface area contributed by atoms with Crippen LogP contribution in [0.25, 0.3) is 0 Å². The van der Waals surface area contributed by atoms with Crippen molar-refractivity contribution >= 4 is 10.1 Å². The van der Waals surface area contributed by atoms with Crippen molar-refractivity contribution in [3.8, 4) is 11.5 Å². The highest BCUT2D eigenvalue weighted by Crippen LogP contribution is 2.76. The molecule has 0 unspecified atom stereocenters. The highest BCUT2D eigenvalue weighted by molar-refractivity contribution is 7.85. The number of nitrogens with zero attached hydrogens (tertiary/aromatic N) is 1. The van der Waals surface area contributed by atoms with Crippen LogP contribution in [0.5, 0.6) is 11.5 Å². The average molecular weight is 610 g/mol. The van der Waals surface area contributed by atoms with Gasteiger partial charge in [0.2, 0.25) is 0 Å². The van der Waals surface area contributed by atoms with E-state index in [2.05, 4.69) is 17.0 Å². The summed E-state index contributed by atoms with van der Waals surface area (Å²) >= 11 is 0. The lowest BCUT2D eigenvalue weighted by Crippen LogP contribution is -2.81. The van der Waals surface area contributed by atoms with Crippen LogP contribution >= 0.6 is 0 Å². The zero-order chi connectivity index (χ0) is 29.6. The van der Waals surface area contributed by atoms with E-state index in [4.69, 9.17) is 23.1 Å². The first kappa shape index (κ1) is 28.3. The van der Waals surface area contributed by atoms with E-state index in [1.54, 1.807) is 7.11 Å². The van der Waals surface area contributed by atoms with Crippen molar-refractivity contribution in [1.82, 2.24) is 4.90 Å². The summed E-state index contributed by atoms with van der Waals surface area (Å²) in [5, 5.41) is 0. The van der Waals surface area contributed by atoms with Gasteiger partial charge in [-0.1, -0.05) is 30.3 Å². The summed E-state index contributed by atoms with van der Waals surface area (Å²) in [4.78, 5) is 2.86. The first-order valence-electron chi connectivity index (χ1n) is 15.9. The van der Waals surface area contributed by atoms with Crippen molar-refractivity contribution in [2.45, 2.75) is 81.3 Å². The SMILES string of the molecule is COc1ccc2c3c1O[C@H]1[C@@]4(OC)CC[C@@]5(C[C@@H]4COCc4ccc(COS(C)(=O)=O)cc4)[C@@H](C2)N(CC2CC2)CC[C@]315. The van der Waals surface area contributed by atoms with Gasteiger partial charge in [0.15, 0.2) is 11.5 Å². The molecule has 9 rings (SSSR count). The zero-order valence-corrected chi connectivity index (χ0v) is 26.3. The Morgan fingerprint density at radius 1 is 1.00 bits per heavy atom. The van der Waals surface area contributed by atoms with Gasteiger partial charge >= 0.3 is 0 Å². The highest BCUT2D eigenvalue weighted by atomic mass is 32.2. The molecule has 0 aromatic heterocycles. The molecule has 6 atom stereocenters. The molecule has 232 valence electrons. The molecule has 5 aliphatic carbocycles. The normalized spacial score (nSPS) is 35.5. The fraction of sp³-hybridized carbons (Fsp3) is 0.647. The van der Waals surface area contributed by atoms with Gasteiger partial charge in [0, 0.05) is 42.0 Å². The fourth-order valence-corrected chi connectivity index (χ4v) is 10.5. The Morgan fingerprint density at radius 2 is 1.77 bits per heavy atom. The number of ether oxygens (including phenoxy) is 4. The van der Waals surface area contributed by atoms with Crippen molar-refractivity contribution in [1.29, 1.82) is 0 Å². The molecule has 2 spiro atoms. The van der Waals surface area contributed by atoms with Crippen LogP contribution in [0, 0.1) is 17.3 Å². The molecule has 43 heavy (non-hydrogen) atoms. The number of fused-ring (bicyclic) bond motifs is 2. The first-order valence-corrected chi connectivity index (χ1v) is 17.7. The summed E-state index contributed by atoms with van der Waals surface area (Å²) in [6, 6.07) is 12.7. The van der Waals surface area contributed by atoms with Crippen molar-refractivity contribution < 1.29 is 31.5 Å². The lowest BCUT2D eigenvalue weighted by molar-refractivity contribution is -0.283. The number of benzene rings is 2. The molecule has 5 fully saturated rings. The van der Waals surface area contributed by atoms with Crippen LogP contribution < -0.4 is 9.47 Å². The third-order valence-electron chi connectivity index (χ3n) is 12.1. The molecule has 2 aliphatic heterocycles. The Hall–Kier alpha value is -2.17. The lowest BCUT2D eigenvalue weighted by Gasteiger charge is -2.74. The molecular formula is C34H43NO7S. The van der Waals surface area contributed by atoms with Crippen molar-refractivity contribution in [3.63, 3.8) is 0 Å². The van der Waals surface area contributed by atoms with Gasteiger partial charge in [0.1, 0.15) is 11.7 Å². The number of rotatable bonds is 11. The van der Waals surface area contributed by atoms with Crippen molar-refractivity contribution in [3.05, 3.63) is 58.7 Å². The average Bonchev–Trinajstić information content (AvgIpc) is 3.74. The minimum atomic E-state index is -3.47. The zero-order valence-electron chi connectivity index (χ0n) is 25.5. The van der Waals surface area contributed by atoms with Crippen LogP contribution in [-0.4, -0.2) is 71.2 Å². The van der Waals surface area contributed by atoms with Gasteiger partial charge in [-0.25, -0.2) is 0 Å². The van der Waals surface area contributed by atoms with Gasteiger partial charge in [0.25, 0.3) is 10.1 Å². The van der Waals surface area contributed by atoms with Crippen LogP contribution in [0.15, 0.2) is 36.4 Å². The summed E-state index contributed by atoms with van der Waals surface area (Å²) in [5.74, 6) is 2.90. The third-order valence-corrected chi connectivity index (χ3v) is 12.6.